The van der Waals surface area contributed by atoms with Crippen molar-refractivity contribution in [2.24, 2.45) is 5.73 Å². The van der Waals surface area contributed by atoms with Gasteiger partial charge >= 0.3 is 0 Å². The molecule has 0 spiro atoms. The molecule has 134 valence electrons. The Morgan fingerprint density at radius 2 is 1.92 bits per heavy atom. The fourth-order valence-corrected chi connectivity index (χ4v) is 2.96. The summed E-state index contributed by atoms with van der Waals surface area (Å²) in [5.74, 6) is -0.687. The fraction of sp³-hybridized carbons (Fsp3) is 0.316. The maximum absolute atomic E-state index is 13.8. The van der Waals surface area contributed by atoms with Gasteiger partial charge in [-0.25, -0.2) is 4.39 Å². The quantitative estimate of drug-likeness (QED) is 0.857. The van der Waals surface area contributed by atoms with Crippen LogP contribution in [-0.2, 0) is 17.8 Å². The Balaban J connectivity index is 0.00000225. The number of nitrogens with two attached hydrogens (primary N) is 1. The topological polar surface area (TPSA) is 64.3 Å². The number of nitrogens with one attached hydrogen (secondary N) is 1. The molecule has 1 unspecified atom stereocenters. The van der Waals surface area contributed by atoms with Crippen molar-refractivity contribution >= 4 is 18.3 Å². The van der Waals surface area contributed by atoms with Crippen LogP contribution >= 0.6 is 12.4 Å². The molecule has 0 aliphatic carbocycles. The third kappa shape index (κ3) is 4.50. The van der Waals surface area contributed by atoms with Gasteiger partial charge in [0.15, 0.2) is 11.6 Å². The van der Waals surface area contributed by atoms with Crippen molar-refractivity contribution in [3.8, 4) is 5.75 Å². The molecule has 1 aliphatic rings. The van der Waals surface area contributed by atoms with E-state index in [-0.39, 0.29) is 30.0 Å². The van der Waals surface area contributed by atoms with E-state index in [4.69, 9.17) is 10.5 Å². The predicted molar refractivity (Wildman–Crippen MR) is 97.5 cm³/mol. The van der Waals surface area contributed by atoms with Crippen molar-refractivity contribution in [1.29, 1.82) is 0 Å². The van der Waals surface area contributed by atoms with Gasteiger partial charge in [-0.15, -0.1) is 12.4 Å². The number of benzene rings is 2. The van der Waals surface area contributed by atoms with Gasteiger partial charge in [-0.3, -0.25) is 4.79 Å². The maximum atomic E-state index is 13.8. The molecule has 1 atom stereocenters. The third-order valence-electron chi connectivity index (χ3n) is 4.26. The summed E-state index contributed by atoms with van der Waals surface area (Å²) < 4.78 is 19.2. The normalized spacial score (nSPS) is 15.5. The minimum absolute atomic E-state index is 0. The van der Waals surface area contributed by atoms with E-state index in [0.717, 1.165) is 12.0 Å². The first-order valence-electron chi connectivity index (χ1n) is 8.16. The lowest BCUT2D eigenvalue weighted by molar-refractivity contribution is -0.123. The number of carbonyl (C=O) groups is 1. The molecule has 4 nitrogen and oxygen atoms in total. The summed E-state index contributed by atoms with van der Waals surface area (Å²) >= 11 is 0. The highest BCUT2D eigenvalue weighted by Crippen LogP contribution is 2.35. The highest BCUT2D eigenvalue weighted by atomic mass is 35.5. The van der Waals surface area contributed by atoms with Gasteiger partial charge in [-0.2, -0.15) is 0 Å². The van der Waals surface area contributed by atoms with E-state index in [0.29, 0.717) is 31.7 Å². The molecule has 2 aromatic rings. The first-order valence-corrected chi connectivity index (χ1v) is 8.16. The van der Waals surface area contributed by atoms with Gasteiger partial charge in [-0.05, 0) is 36.6 Å². The van der Waals surface area contributed by atoms with E-state index >= 15 is 0 Å². The second-order valence-corrected chi connectivity index (χ2v) is 5.92. The Labute approximate surface area is 153 Å². The van der Waals surface area contributed by atoms with Gasteiger partial charge in [0.1, 0.15) is 0 Å². The predicted octanol–water partition coefficient (Wildman–Crippen LogP) is 2.93. The molecule has 3 rings (SSSR count). The number of carbonyl (C=O) groups excluding carboxylic acids is 1. The summed E-state index contributed by atoms with van der Waals surface area (Å²) in [6, 6.07) is 12.7. The van der Waals surface area contributed by atoms with Crippen LogP contribution in [0.4, 0.5) is 4.39 Å². The number of hydrogen-bond acceptors (Lipinski definition) is 3. The van der Waals surface area contributed by atoms with Crippen LogP contribution in [-0.4, -0.2) is 19.1 Å². The highest BCUT2D eigenvalue weighted by Gasteiger charge is 2.29. The zero-order chi connectivity index (χ0) is 16.9. The second kappa shape index (κ2) is 8.83. The van der Waals surface area contributed by atoms with Crippen molar-refractivity contribution in [3.05, 3.63) is 65.0 Å². The van der Waals surface area contributed by atoms with Crippen LogP contribution in [0.2, 0.25) is 0 Å². The van der Waals surface area contributed by atoms with Gasteiger partial charge in [0.2, 0.25) is 5.91 Å². The van der Waals surface area contributed by atoms with Crippen LogP contribution in [0.15, 0.2) is 42.5 Å². The van der Waals surface area contributed by atoms with Crippen LogP contribution in [0.25, 0.3) is 0 Å². The summed E-state index contributed by atoms with van der Waals surface area (Å²) in [6.07, 6.45) is 1.40. The van der Waals surface area contributed by atoms with Crippen LogP contribution in [0.3, 0.4) is 0 Å². The van der Waals surface area contributed by atoms with E-state index in [2.05, 4.69) is 5.32 Å². The largest absolute Gasteiger partial charge is 0.490 e. The zero-order valence-corrected chi connectivity index (χ0v) is 14.7. The molecule has 1 heterocycles. The standard InChI is InChI=1S/C19H21FN2O2.ClH/c20-17-3-1-2-15-16(9-11-24-18(15)17)19(23)22-12-14-6-4-13(5-7-14)8-10-21;/h1-7,16H,8-12,21H2,(H,22,23);1H. The lowest BCUT2D eigenvalue weighted by Crippen LogP contribution is -2.32. The molecule has 25 heavy (non-hydrogen) atoms. The Bertz CT molecular complexity index is 722. The Kier molecular flexibility index (Phi) is 6.79. The van der Waals surface area contributed by atoms with E-state index in [1.54, 1.807) is 12.1 Å². The van der Waals surface area contributed by atoms with E-state index < -0.39 is 5.82 Å². The molecular formula is C19H22ClFN2O2. The number of fused-ring (bicyclic) bond motifs is 1. The molecule has 0 saturated carbocycles. The summed E-state index contributed by atoms with van der Waals surface area (Å²) in [4.78, 5) is 12.5. The third-order valence-corrected chi connectivity index (χ3v) is 4.26. The number of ether oxygens (including phenoxy) is 1. The molecule has 0 aromatic heterocycles. The molecule has 1 aliphatic heterocycles. The Hall–Kier alpha value is -2.11. The van der Waals surface area contributed by atoms with Crippen LogP contribution < -0.4 is 15.8 Å². The lowest BCUT2D eigenvalue weighted by atomic mass is 9.92. The molecule has 3 N–H and O–H groups in total. The summed E-state index contributed by atoms with van der Waals surface area (Å²) in [6.45, 7) is 1.42. The van der Waals surface area contributed by atoms with Crippen molar-refractivity contribution in [2.45, 2.75) is 25.3 Å². The number of amides is 1. The second-order valence-electron chi connectivity index (χ2n) is 5.92. The SMILES string of the molecule is Cl.NCCc1ccc(CNC(=O)C2CCOc3c(F)cccc32)cc1. The maximum Gasteiger partial charge on any atom is 0.228 e. The summed E-state index contributed by atoms with van der Waals surface area (Å²) in [7, 11) is 0. The Morgan fingerprint density at radius 3 is 2.64 bits per heavy atom. The smallest absolute Gasteiger partial charge is 0.228 e. The monoisotopic (exact) mass is 364 g/mol. The van der Waals surface area contributed by atoms with Crippen molar-refractivity contribution in [3.63, 3.8) is 0 Å². The number of hydrogen-bond donors (Lipinski definition) is 2. The van der Waals surface area contributed by atoms with Gasteiger partial charge < -0.3 is 15.8 Å². The van der Waals surface area contributed by atoms with Gasteiger partial charge in [0.25, 0.3) is 0 Å². The van der Waals surface area contributed by atoms with E-state index in [1.807, 2.05) is 24.3 Å². The molecule has 0 bridgehead atoms. The first-order chi connectivity index (χ1) is 11.7. The lowest BCUT2D eigenvalue weighted by Gasteiger charge is -2.25. The molecule has 1 amide bonds. The minimum Gasteiger partial charge on any atom is -0.490 e. The average molecular weight is 365 g/mol. The van der Waals surface area contributed by atoms with E-state index in [9.17, 15) is 9.18 Å². The average Bonchev–Trinajstić information content (AvgIpc) is 2.61. The van der Waals surface area contributed by atoms with Crippen molar-refractivity contribution in [1.82, 2.24) is 5.32 Å². The van der Waals surface area contributed by atoms with Crippen LogP contribution in [0, 0.1) is 5.82 Å². The summed E-state index contributed by atoms with van der Waals surface area (Å²) in [5.41, 5.74) is 8.36. The number of halogens is 2. The molecule has 0 saturated heterocycles. The molecule has 0 radical (unpaired) electrons. The molecule has 2 aromatic carbocycles. The minimum atomic E-state index is -0.416. The molecule has 0 fully saturated rings. The fourth-order valence-electron chi connectivity index (χ4n) is 2.96. The zero-order valence-electron chi connectivity index (χ0n) is 13.8. The number of para-hydroxylation sites is 1. The van der Waals surface area contributed by atoms with Gasteiger partial charge in [0, 0.05) is 12.1 Å². The Morgan fingerprint density at radius 1 is 1.20 bits per heavy atom. The van der Waals surface area contributed by atoms with Gasteiger partial charge in [-0.1, -0.05) is 36.4 Å². The summed E-state index contributed by atoms with van der Waals surface area (Å²) in [5, 5.41) is 2.94. The van der Waals surface area contributed by atoms with Gasteiger partial charge in [0.05, 0.1) is 12.5 Å². The van der Waals surface area contributed by atoms with Crippen molar-refractivity contribution < 1.29 is 13.9 Å². The van der Waals surface area contributed by atoms with Crippen molar-refractivity contribution in [2.75, 3.05) is 13.2 Å². The molecular weight excluding hydrogens is 343 g/mol. The molecule has 6 heteroatoms. The van der Waals surface area contributed by atoms with Crippen LogP contribution in [0.5, 0.6) is 5.75 Å². The van der Waals surface area contributed by atoms with E-state index in [1.165, 1.54) is 11.6 Å². The highest BCUT2D eigenvalue weighted by molar-refractivity contribution is 5.85. The number of rotatable bonds is 5. The first kappa shape index (κ1) is 19.2. The van der Waals surface area contributed by atoms with Crippen LogP contribution in [0.1, 0.15) is 29.0 Å².